The van der Waals surface area contributed by atoms with Crippen LogP contribution in [0, 0.1) is 30.0 Å². The van der Waals surface area contributed by atoms with Gasteiger partial charge in [-0.05, 0) is 30.8 Å². The molecule has 4 rings (SSSR count). The van der Waals surface area contributed by atoms with Crippen LogP contribution in [0.3, 0.4) is 0 Å². The van der Waals surface area contributed by atoms with Gasteiger partial charge in [-0.3, -0.25) is 14.8 Å². The zero-order valence-corrected chi connectivity index (χ0v) is 19.5. The van der Waals surface area contributed by atoms with Gasteiger partial charge in [0.25, 0.3) is 0 Å². The summed E-state index contributed by atoms with van der Waals surface area (Å²) in [5.74, 6) is 1.11. The topological polar surface area (TPSA) is 79.7 Å². The van der Waals surface area contributed by atoms with Gasteiger partial charge in [0.15, 0.2) is 0 Å². The molecule has 0 spiro atoms. The number of hydrogen-bond acceptors (Lipinski definition) is 5. The van der Waals surface area contributed by atoms with Crippen molar-refractivity contribution < 1.29 is 21.1 Å². The molecule has 32 heavy (non-hydrogen) atoms. The van der Waals surface area contributed by atoms with Gasteiger partial charge in [-0.25, -0.2) is 9.97 Å². The average Bonchev–Trinajstić information content (AvgIpc) is 2.84. The van der Waals surface area contributed by atoms with Gasteiger partial charge in [0, 0.05) is 12.4 Å². The van der Waals surface area contributed by atoms with Crippen LogP contribution in [-0.4, -0.2) is 19.9 Å². The monoisotopic (exact) mass is 595 g/mol. The Hall–Kier alpha value is -3.73. The van der Waals surface area contributed by atoms with Crippen molar-refractivity contribution in [1.29, 1.82) is 5.26 Å². The van der Waals surface area contributed by atoms with E-state index in [0.717, 1.165) is 11.1 Å². The van der Waals surface area contributed by atoms with Crippen molar-refractivity contribution in [3.8, 4) is 28.6 Å². The second-order valence-corrected chi connectivity index (χ2v) is 7.33. The summed E-state index contributed by atoms with van der Waals surface area (Å²) in [6, 6.07) is 22.3. The molecule has 0 fully saturated rings. The van der Waals surface area contributed by atoms with E-state index in [1.54, 1.807) is 60.9 Å². The van der Waals surface area contributed by atoms with E-state index >= 15 is 0 Å². The molecule has 0 aliphatic rings. The van der Waals surface area contributed by atoms with Gasteiger partial charge < -0.3 is 0 Å². The maximum Gasteiger partial charge on any atom is 2.00 e. The summed E-state index contributed by atoms with van der Waals surface area (Å²) < 4.78 is 0. The molecule has 0 radical (unpaired) electrons. The predicted octanol–water partition coefficient (Wildman–Crippen LogP) is 4.95. The minimum atomic E-state index is -0.684. The van der Waals surface area contributed by atoms with Crippen LogP contribution in [0.5, 0.6) is 0 Å². The Morgan fingerprint density at radius 3 is 2.03 bits per heavy atom. The van der Waals surface area contributed by atoms with E-state index < -0.39 is 5.41 Å². The van der Waals surface area contributed by atoms with E-state index in [9.17, 15) is 0 Å². The molecule has 0 unspecified atom stereocenters. The van der Waals surface area contributed by atoms with Gasteiger partial charge in [0.2, 0.25) is 0 Å². The first-order valence-electron chi connectivity index (χ1n) is 9.50. The first kappa shape index (κ1) is 22.9. The fourth-order valence-corrected chi connectivity index (χ4v) is 3.08. The van der Waals surface area contributed by atoms with Crippen molar-refractivity contribution in [3.05, 3.63) is 102 Å². The quantitative estimate of drug-likeness (QED) is 0.312. The molecule has 0 amide bonds. The number of nitrogens with zero attached hydrogens (tertiary/aromatic N) is 6. The second kappa shape index (κ2) is 9.60. The average molecular weight is 596 g/mol. The van der Waals surface area contributed by atoms with Crippen LogP contribution in [0.1, 0.15) is 31.1 Å². The first-order valence-corrected chi connectivity index (χ1v) is 9.50. The second-order valence-electron chi connectivity index (χ2n) is 7.33. The minimum absolute atomic E-state index is 0. The normalized spacial score (nSPS) is 10.5. The molecule has 2 aromatic heterocycles. The zero-order chi connectivity index (χ0) is 21.8. The smallest absolute Gasteiger partial charge is 0.282 e. The van der Waals surface area contributed by atoms with Crippen LogP contribution in [0.25, 0.3) is 27.4 Å². The van der Waals surface area contributed by atoms with E-state index in [1.165, 1.54) is 0 Å². The summed E-state index contributed by atoms with van der Waals surface area (Å²) in [5.41, 5.74) is 3.18. The summed E-state index contributed by atoms with van der Waals surface area (Å²) in [7, 11) is 0. The van der Waals surface area contributed by atoms with Gasteiger partial charge in [0.05, 0.1) is 18.1 Å². The van der Waals surface area contributed by atoms with E-state index in [4.69, 9.17) is 21.8 Å². The summed E-state index contributed by atoms with van der Waals surface area (Å²) in [6.45, 7) is 11.1. The molecular formula is C25H16N6Pt. The van der Waals surface area contributed by atoms with E-state index in [2.05, 4.69) is 33.0 Å². The molecule has 4 aromatic rings. The Morgan fingerprint density at radius 1 is 0.906 bits per heavy atom. The van der Waals surface area contributed by atoms with Crippen LogP contribution >= 0.6 is 0 Å². The molecule has 0 N–H and O–H groups in total. The summed E-state index contributed by atoms with van der Waals surface area (Å²) in [5, 5.41) is 9.16. The van der Waals surface area contributed by atoms with Crippen LogP contribution < -0.4 is 0 Å². The summed E-state index contributed by atoms with van der Waals surface area (Å²) in [6.07, 6.45) is 3.37. The molecule has 0 aliphatic heterocycles. The Bertz CT molecular complexity index is 1250. The van der Waals surface area contributed by atoms with Crippen LogP contribution in [0.2, 0.25) is 0 Å². The third kappa shape index (κ3) is 4.62. The third-order valence-corrected chi connectivity index (χ3v) is 4.83. The van der Waals surface area contributed by atoms with Crippen LogP contribution in [0.4, 0.5) is 5.69 Å². The standard InChI is InChI=1S/C25H16N6.Pt/c1-25(2,23-28-12-10-21(30-23)18-7-4-6-17(14-18)16-26)24-29-13-11-22(31-24)19-8-5-9-20(15-19)27-3;/h4-6,9-15H,1-2H3;/q-2;+2. The molecule has 6 nitrogen and oxygen atoms in total. The van der Waals surface area contributed by atoms with Crippen molar-refractivity contribution in [3.63, 3.8) is 0 Å². The summed E-state index contributed by atoms with van der Waals surface area (Å²) in [4.78, 5) is 21.8. The predicted molar refractivity (Wildman–Crippen MR) is 116 cm³/mol. The van der Waals surface area contributed by atoms with Gasteiger partial charge in [0.1, 0.15) is 17.3 Å². The first-order chi connectivity index (χ1) is 15.0. The van der Waals surface area contributed by atoms with E-state index in [1.807, 2.05) is 13.8 Å². The molecule has 2 heterocycles. The van der Waals surface area contributed by atoms with E-state index in [-0.39, 0.29) is 21.1 Å². The van der Waals surface area contributed by atoms with Crippen LogP contribution in [-0.2, 0) is 26.5 Å². The van der Waals surface area contributed by atoms with Crippen molar-refractivity contribution >= 4 is 5.69 Å². The van der Waals surface area contributed by atoms with Gasteiger partial charge in [-0.15, -0.1) is 53.6 Å². The molecule has 7 heteroatoms. The zero-order valence-electron chi connectivity index (χ0n) is 17.3. The molecule has 0 bridgehead atoms. The Morgan fingerprint density at radius 2 is 1.47 bits per heavy atom. The van der Waals surface area contributed by atoms with Crippen molar-refractivity contribution in [2.45, 2.75) is 19.3 Å². The Balaban J connectivity index is 0.00000289. The molecule has 0 atom stereocenters. The maximum atomic E-state index is 9.16. The van der Waals surface area contributed by atoms with Gasteiger partial charge in [-0.1, -0.05) is 12.1 Å². The number of nitriles is 1. The largest absolute Gasteiger partial charge is 2.00 e. The van der Waals surface area contributed by atoms with Crippen molar-refractivity contribution in [1.82, 2.24) is 19.9 Å². The minimum Gasteiger partial charge on any atom is -0.282 e. The molecule has 2 aromatic carbocycles. The fourth-order valence-electron chi connectivity index (χ4n) is 3.08. The number of hydrogen-bond donors (Lipinski definition) is 0. The summed E-state index contributed by atoms with van der Waals surface area (Å²) >= 11 is 0. The molecule has 0 saturated carbocycles. The van der Waals surface area contributed by atoms with Crippen LogP contribution in [0.15, 0.2) is 60.9 Å². The number of rotatable bonds is 4. The van der Waals surface area contributed by atoms with Crippen molar-refractivity contribution in [2.24, 2.45) is 0 Å². The molecular weight excluding hydrogens is 579 g/mol. The SMILES string of the molecule is [C-]#[N+]c1cc[c-]c(-c2ccnc(C(C)(C)c3nccc(-c4[c-]ccc(C#N)c4)n3)n2)c1.[Pt+2]. The maximum absolute atomic E-state index is 9.16. The van der Waals surface area contributed by atoms with Gasteiger partial charge >= 0.3 is 21.1 Å². The number of aromatic nitrogens is 4. The third-order valence-electron chi connectivity index (χ3n) is 4.83. The molecule has 0 aliphatic carbocycles. The molecule has 156 valence electrons. The van der Waals surface area contributed by atoms with Crippen molar-refractivity contribution in [2.75, 3.05) is 0 Å². The molecule has 0 saturated heterocycles. The van der Waals surface area contributed by atoms with Gasteiger partial charge in [-0.2, -0.15) is 11.3 Å². The Labute approximate surface area is 201 Å². The Kier molecular flexibility index (Phi) is 6.88. The number of benzene rings is 2. The van der Waals surface area contributed by atoms with E-state index in [0.29, 0.717) is 34.3 Å². The fraction of sp³-hybridized carbons (Fsp3) is 0.120.